The molecule has 7 nitrogen and oxygen atoms in total. The van der Waals surface area contributed by atoms with Crippen LogP contribution in [0.15, 0.2) is 41.1 Å². The molecule has 4 rings (SSSR count). The van der Waals surface area contributed by atoms with Crippen molar-refractivity contribution in [2.75, 3.05) is 20.8 Å². The van der Waals surface area contributed by atoms with Crippen LogP contribution in [0.2, 0.25) is 0 Å². The minimum atomic E-state index is -0.162. The first-order valence-corrected chi connectivity index (χ1v) is 10.3. The number of hydrogen-bond acceptors (Lipinski definition) is 7. The molecule has 3 heterocycles. The van der Waals surface area contributed by atoms with Crippen LogP contribution in [-0.2, 0) is 6.42 Å². The first kappa shape index (κ1) is 18.5. The number of thiophene rings is 1. The molecule has 4 aromatic rings. The number of methoxy groups -OCH3 is 2. The van der Waals surface area contributed by atoms with E-state index >= 15 is 0 Å². The van der Waals surface area contributed by atoms with Gasteiger partial charge in [-0.3, -0.25) is 4.79 Å². The molecule has 28 heavy (non-hydrogen) atoms. The molecule has 1 aromatic carbocycles. The molecule has 0 saturated carbocycles. The Labute approximate surface area is 169 Å². The van der Waals surface area contributed by atoms with Crippen LogP contribution in [0.4, 0.5) is 0 Å². The predicted molar refractivity (Wildman–Crippen MR) is 110 cm³/mol. The minimum absolute atomic E-state index is 0.162. The van der Waals surface area contributed by atoms with Crippen LogP contribution in [-0.4, -0.2) is 41.3 Å². The average molecular weight is 415 g/mol. The number of aromatic nitrogens is 3. The van der Waals surface area contributed by atoms with Crippen molar-refractivity contribution in [1.29, 1.82) is 0 Å². The van der Waals surface area contributed by atoms with Crippen LogP contribution >= 0.6 is 22.7 Å². The summed E-state index contributed by atoms with van der Waals surface area (Å²) in [6, 6.07) is 9.09. The van der Waals surface area contributed by atoms with Crippen molar-refractivity contribution in [3.05, 3.63) is 52.3 Å². The Morgan fingerprint density at radius 3 is 2.79 bits per heavy atom. The highest BCUT2D eigenvalue weighted by molar-refractivity contribution is 7.15. The van der Waals surface area contributed by atoms with E-state index in [4.69, 9.17) is 9.47 Å². The Hall–Kier alpha value is -2.91. The lowest BCUT2D eigenvalue weighted by Gasteiger charge is -2.10. The van der Waals surface area contributed by atoms with E-state index in [1.165, 1.54) is 0 Å². The lowest BCUT2D eigenvalue weighted by Crippen LogP contribution is -2.26. The largest absolute Gasteiger partial charge is 0.493 e. The van der Waals surface area contributed by atoms with Crippen molar-refractivity contribution in [2.45, 2.75) is 6.42 Å². The van der Waals surface area contributed by atoms with Crippen LogP contribution in [0.5, 0.6) is 11.5 Å². The molecule has 0 aliphatic heterocycles. The Morgan fingerprint density at radius 1 is 1.18 bits per heavy atom. The number of benzene rings is 1. The Morgan fingerprint density at radius 2 is 2.04 bits per heavy atom. The van der Waals surface area contributed by atoms with Gasteiger partial charge >= 0.3 is 0 Å². The zero-order valence-electron chi connectivity index (χ0n) is 15.3. The SMILES string of the molecule is COc1ccc(C(=O)NCCc2csc3nc(-c4cccs4)nn23)cc1OC. The molecule has 0 atom stereocenters. The number of fused-ring (bicyclic) bond motifs is 1. The van der Waals surface area contributed by atoms with E-state index in [0.29, 0.717) is 30.0 Å². The zero-order valence-corrected chi connectivity index (χ0v) is 17.0. The van der Waals surface area contributed by atoms with Gasteiger partial charge in [0.05, 0.1) is 24.8 Å². The molecule has 0 radical (unpaired) electrons. The summed E-state index contributed by atoms with van der Waals surface area (Å²) in [5, 5.41) is 11.6. The Balaban J connectivity index is 1.42. The third-order valence-electron chi connectivity index (χ3n) is 4.20. The van der Waals surface area contributed by atoms with Crippen molar-refractivity contribution < 1.29 is 14.3 Å². The number of hydrogen-bond donors (Lipinski definition) is 1. The van der Waals surface area contributed by atoms with E-state index in [9.17, 15) is 4.79 Å². The predicted octanol–water partition coefficient (Wildman–Crippen LogP) is 3.51. The van der Waals surface area contributed by atoms with Crippen LogP contribution in [0.1, 0.15) is 16.1 Å². The first-order chi connectivity index (χ1) is 13.7. The van der Waals surface area contributed by atoms with E-state index in [1.54, 1.807) is 55.1 Å². The molecule has 0 aliphatic carbocycles. The zero-order chi connectivity index (χ0) is 19.5. The van der Waals surface area contributed by atoms with Crippen molar-refractivity contribution in [2.24, 2.45) is 0 Å². The van der Waals surface area contributed by atoms with Gasteiger partial charge in [-0.2, -0.15) is 4.98 Å². The standard InChI is InChI=1S/C19H18N4O3S2/c1-25-14-6-5-12(10-15(14)26-2)18(24)20-8-7-13-11-28-19-21-17(22-23(13)19)16-4-3-9-27-16/h3-6,9-11H,7-8H2,1-2H3,(H,20,24). The lowest BCUT2D eigenvalue weighted by atomic mass is 10.2. The number of amides is 1. The molecule has 0 spiro atoms. The van der Waals surface area contributed by atoms with Crippen LogP contribution in [0.25, 0.3) is 15.7 Å². The van der Waals surface area contributed by atoms with Gasteiger partial charge in [0.1, 0.15) is 0 Å². The van der Waals surface area contributed by atoms with Gasteiger partial charge in [0.2, 0.25) is 4.96 Å². The van der Waals surface area contributed by atoms with Crippen molar-refractivity contribution in [3.8, 4) is 22.2 Å². The molecule has 3 aromatic heterocycles. The maximum Gasteiger partial charge on any atom is 0.251 e. The van der Waals surface area contributed by atoms with Crippen molar-refractivity contribution in [3.63, 3.8) is 0 Å². The number of thiazole rings is 1. The summed E-state index contributed by atoms with van der Waals surface area (Å²) in [6.07, 6.45) is 0.659. The maximum absolute atomic E-state index is 12.4. The van der Waals surface area contributed by atoms with Crippen LogP contribution < -0.4 is 14.8 Å². The average Bonchev–Trinajstić information content (AvgIpc) is 3.45. The van der Waals surface area contributed by atoms with E-state index < -0.39 is 0 Å². The van der Waals surface area contributed by atoms with Gasteiger partial charge in [-0.05, 0) is 29.6 Å². The van der Waals surface area contributed by atoms with Gasteiger partial charge in [0, 0.05) is 23.9 Å². The van der Waals surface area contributed by atoms with Crippen LogP contribution in [0, 0.1) is 0 Å². The van der Waals surface area contributed by atoms with Gasteiger partial charge in [0.15, 0.2) is 17.3 Å². The minimum Gasteiger partial charge on any atom is -0.493 e. The number of nitrogens with one attached hydrogen (secondary N) is 1. The van der Waals surface area contributed by atoms with Crippen LogP contribution in [0.3, 0.4) is 0 Å². The third kappa shape index (κ3) is 3.58. The highest BCUT2D eigenvalue weighted by atomic mass is 32.1. The van der Waals surface area contributed by atoms with E-state index in [0.717, 1.165) is 21.4 Å². The second kappa shape index (κ2) is 7.99. The summed E-state index contributed by atoms with van der Waals surface area (Å²) in [4.78, 5) is 18.9. The summed E-state index contributed by atoms with van der Waals surface area (Å²) >= 11 is 3.16. The number of rotatable bonds is 7. The van der Waals surface area contributed by atoms with Gasteiger partial charge in [-0.25, -0.2) is 4.52 Å². The van der Waals surface area contributed by atoms with E-state index in [-0.39, 0.29) is 5.91 Å². The number of ether oxygens (including phenoxy) is 2. The summed E-state index contributed by atoms with van der Waals surface area (Å²) in [5.74, 6) is 1.69. The molecular weight excluding hydrogens is 396 g/mol. The van der Waals surface area contributed by atoms with E-state index in [2.05, 4.69) is 15.4 Å². The molecule has 0 fully saturated rings. The fourth-order valence-electron chi connectivity index (χ4n) is 2.79. The molecule has 144 valence electrons. The topological polar surface area (TPSA) is 77.8 Å². The fourth-order valence-corrected chi connectivity index (χ4v) is 4.30. The molecular formula is C19H18N4O3S2. The number of nitrogens with zero attached hydrogens (tertiary/aromatic N) is 3. The summed E-state index contributed by atoms with van der Waals surface area (Å²) in [5.41, 5.74) is 1.54. The van der Waals surface area contributed by atoms with Crippen molar-refractivity contribution >= 4 is 33.5 Å². The lowest BCUT2D eigenvalue weighted by molar-refractivity contribution is 0.0953. The molecule has 0 bridgehead atoms. The molecule has 1 N–H and O–H groups in total. The molecule has 0 saturated heterocycles. The second-order valence-corrected chi connectivity index (χ2v) is 7.69. The summed E-state index contributed by atoms with van der Waals surface area (Å²) in [6.45, 7) is 0.493. The Bertz CT molecular complexity index is 1100. The monoisotopic (exact) mass is 414 g/mol. The highest BCUT2D eigenvalue weighted by Crippen LogP contribution is 2.27. The van der Waals surface area contributed by atoms with Gasteiger partial charge < -0.3 is 14.8 Å². The van der Waals surface area contributed by atoms with E-state index in [1.807, 2.05) is 27.4 Å². The first-order valence-electron chi connectivity index (χ1n) is 8.57. The molecule has 0 unspecified atom stereocenters. The normalized spacial score (nSPS) is 10.9. The Kier molecular flexibility index (Phi) is 5.27. The van der Waals surface area contributed by atoms with Crippen molar-refractivity contribution in [1.82, 2.24) is 19.9 Å². The van der Waals surface area contributed by atoms with Gasteiger partial charge in [0.25, 0.3) is 5.91 Å². The fraction of sp³-hybridized carbons (Fsp3) is 0.211. The highest BCUT2D eigenvalue weighted by Gasteiger charge is 2.13. The number of carbonyl (C=O) groups excluding carboxylic acids is 1. The third-order valence-corrected chi connectivity index (χ3v) is 5.93. The second-order valence-electron chi connectivity index (χ2n) is 5.91. The van der Waals surface area contributed by atoms with Gasteiger partial charge in [-0.1, -0.05) is 6.07 Å². The quantitative estimate of drug-likeness (QED) is 0.501. The number of carbonyl (C=O) groups is 1. The van der Waals surface area contributed by atoms with Gasteiger partial charge in [-0.15, -0.1) is 27.8 Å². The molecule has 0 aliphatic rings. The summed E-state index contributed by atoms with van der Waals surface area (Å²) in [7, 11) is 3.11. The molecule has 9 heteroatoms. The maximum atomic E-state index is 12.4. The smallest absolute Gasteiger partial charge is 0.251 e. The summed E-state index contributed by atoms with van der Waals surface area (Å²) < 4.78 is 12.3. The molecule has 1 amide bonds.